The zero-order valence-corrected chi connectivity index (χ0v) is 10.3. The van der Waals surface area contributed by atoms with Gasteiger partial charge >= 0.3 is 0 Å². The van der Waals surface area contributed by atoms with Gasteiger partial charge in [0.25, 0.3) is 0 Å². The number of carbonyl (C=O) groups is 2. The number of hydrogen-bond donors (Lipinski definition) is 1. The van der Waals surface area contributed by atoms with Crippen LogP contribution in [-0.4, -0.2) is 23.5 Å². The van der Waals surface area contributed by atoms with E-state index in [9.17, 15) is 9.59 Å². The summed E-state index contributed by atoms with van der Waals surface area (Å²) in [5.74, 6) is 5.30. The molecule has 0 bridgehead atoms. The number of piperidine rings is 1. The fourth-order valence-electron chi connectivity index (χ4n) is 2.41. The van der Waals surface area contributed by atoms with E-state index in [0.29, 0.717) is 24.1 Å². The van der Waals surface area contributed by atoms with Crippen molar-refractivity contribution < 1.29 is 14.7 Å². The Morgan fingerprint density at radius 2 is 1.89 bits per heavy atom. The van der Waals surface area contributed by atoms with Crippen LogP contribution in [0.3, 0.4) is 0 Å². The van der Waals surface area contributed by atoms with Gasteiger partial charge in [-0.25, -0.2) is 4.90 Å². The minimum absolute atomic E-state index is 0.000883. The van der Waals surface area contributed by atoms with Crippen molar-refractivity contribution in [3.05, 3.63) is 29.8 Å². The molecule has 3 rings (SSSR count). The minimum Gasteiger partial charge on any atom is -0.395 e. The number of imide groups is 1. The molecular formula is C15H13NO3. The number of nitrogens with zero attached hydrogens (tertiary/aromatic N) is 1. The lowest BCUT2D eigenvalue weighted by Crippen LogP contribution is -2.33. The summed E-state index contributed by atoms with van der Waals surface area (Å²) in [6.45, 7) is 0.000883. The predicted molar refractivity (Wildman–Crippen MR) is 69.1 cm³/mol. The molecule has 4 heteroatoms. The number of carbonyl (C=O) groups excluding carboxylic acids is 2. The first-order chi connectivity index (χ1) is 9.24. The minimum atomic E-state index is -0.106. The zero-order valence-electron chi connectivity index (χ0n) is 10.3. The number of anilines is 1. The van der Waals surface area contributed by atoms with Crippen molar-refractivity contribution in [3.63, 3.8) is 0 Å². The van der Waals surface area contributed by atoms with Crippen LogP contribution >= 0.6 is 0 Å². The molecule has 1 saturated heterocycles. The fourth-order valence-corrected chi connectivity index (χ4v) is 2.41. The molecule has 2 aliphatic rings. The molecule has 1 aromatic rings. The van der Waals surface area contributed by atoms with Crippen molar-refractivity contribution in [1.29, 1.82) is 0 Å². The molecule has 1 N–H and O–H groups in total. The van der Waals surface area contributed by atoms with Gasteiger partial charge < -0.3 is 5.11 Å². The fraction of sp³-hybridized carbons (Fsp3) is 0.333. The van der Waals surface area contributed by atoms with Gasteiger partial charge in [-0.3, -0.25) is 9.59 Å². The van der Waals surface area contributed by atoms with E-state index in [-0.39, 0.29) is 30.3 Å². The number of fused-ring (bicyclic) bond motifs is 1. The van der Waals surface area contributed by atoms with Crippen LogP contribution in [0.2, 0.25) is 0 Å². The lowest BCUT2D eigenvalue weighted by Gasteiger charge is -2.17. The van der Waals surface area contributed by atoms with Crippen LogP contribution in [0.1, 0.15) is 18.4 Å². The Morgan fingerprint density at radius 1 is 1.21 bits per heavy atom. The SMILES string of the molecule is O=C1C2CC2C(=O)N1c1ccccc1C#CCCO. The lowest BCUT2D eigenvalue weighted by atomic mass is 10.1. The van der Waals surface area contributed by atoms with Crippen LogP contribution in [0.4, 0.5) is 5.69 Å². The van der Waals surface area contributed by atoms with Gasteiger partial charge in [0.15, 0.2) is 0 Å². The molecule has 0 aromatic heterocycles. The maximum Gasteiger partial charge on any atom is 0.237 e. The Bertz CT molecular complexity index is 591. The highest BCUT2D eigenvalue weighted by Crippen LogP contribution is 2.48. The third-order valence-electron chi connectivity index (χ3n) is 3.47. The first-order valence-corrected chi connectivity index (χ1v) is 6.30. The van der Waals surface area contributed by atoms with Gasteiger partial charge in [-0.15, -0.1) is 0 Å². The molecule has 2 fully saturated rings. The summed E-state index contributed by atoms with van der Waals surface area (Å²) in [7, 11) is 0. The molecule has 2 unspecified atom stereocenters. The van der Waals surface area contributed by atoms with E-state index < -0.39 is 0 Å². The molecular weight excluding hydrogens is 242 g/mol. The highest BCUT2D eigenvalue weighted by atomic mass is 16.2. The van der Waals surface area contributed by atoms with Crippen LogP contribution in [-0.2, 0) is 9.59 Å². The van der Waals surface area contributed by atoms with Gasteiger partial charge in [0.1, 0.15) is 0 Å². The maximum absolute atomic E-state index is 12.1. The summed E-state index contributed by atoms with van der Waals surface area (Å²) in [4.78, 5) is 25.4. The number of rotatable bonds is 2. The van der Waals surface area contributed by atoms with Gasteiger partial charge in [0, 0.05) is 12.0 Å². The first-order valence-electron chi connectivity index (χ1n) is 6.30. The zero-order chi connectivity index (χ0) is 13.4. The Kier molecular flexibility index (Phi) is 2.84. The summed E-state index contributed by atoms with van der Waals surface area (Å²) in [6.07, 6.45) is 1.08. The molecule has 0 spiro atoms. The summed E-state index contributed by atoms with van der Waals surface area (Å²) < 4.78 is 0. The van der Waals surface area contributed by atoms with Crippen molar-refractivity contribution in [2.75, 3.05) is 11.5 Å². The van der Waals surface area contributed by atoms with E-state index in [4.69, 9.17) is 5.11 Å². The van der Waals surface area contributed by atoms with Gasteiger partial charge in [-0.1, -0.05) is 24.0 Å². The highest BCUT2D eigenvalue weighted by molar-refractivity contribution is 6.25. The summed E-state index contributed by atoms with van der Waals surface area (Å²) in [6, 6.07) is 7.13. The van der Waals surface area contributed by atoms with Gasteiger partial charge in [-0.05, 0) is 18.6 Å². The summed E-state index contributed by atoms with van der Waals surface area (Å²) >= 11 is 0. The smallest absolute Gasteiger partial charge is 0.237 e. The molecule has 1 saturated carbocycles. The number of benzene rings is 1. The van der Waals surface area contributed by atoms with E-state index in [1.807, 2.05) is 6.07 Å². The third kappa shape index (κ3) is 1.92. The number of aliphatic hydroxyl groups is 1. The maximum atomic E-state index is 12.1. The average Bonchev–Trinajstić information content (AvgIpc) is 3.16. The second-order valence-electron chi connectivity index (χ2n) is 4.75. The van der Waals surface area contributed by atoms with Crippen LogP contribution in [0.25, 0.3) is 0 Å². The largest absolute Gasteiger partial charge is 0.395 e. The van der Waals surface area contributed by atoms with Gasteiger partial charge in [0.05, 0.1) is 24.1 Å². The van der Waals surface area contributed by atoms with E-state index in [2.05, 4.69) is 11.8 Å². The monoisotopic (exact) mass is 255 g/mol. The molecule has 19 heavy (non-hydrogen) atoms. The molecule has 2 atom stereocenters. The van der Waals surface area contributed by atoms with Crippen LogP contribution in [0.5, 0.6) is 0 Å². The van der Waals surface area contributed by atoms with Crippen LogP contribution in [0, 0.1) is 23.7 Å². The molecule has 1 heterocycles. The second kappa shape index (κ2) is 4.52. The number of amides is 2. The highest BCUT2D eigenvalue weighted by Gasteiger charge is 2.59. The Balaban J connectivity index is 1.95. The second-order valence-corrected chi connectivity index (χ2v) is 4.75. The lowest BCUT2D eigenvalue weighted by molar-refractivity contribution is -0.123. The molecule has 0 radical (unpaired) electrons. The summed E-state index contributed by atoms with van der Waals surface area (Å²) in [5, 5.41) is 8.73. The van der Waals surface area contributed by atoms with E-state index in [1.165, 1.54) is 4.90 Å². The van der Waals surface area contributed by atoms with Crippen molar-refractivity contribution in [3.8, 4) is 11.8 Å². The first kappa shape index (κ1) is 11.9. The molecule has 1 aromatic carbocycles. The van der Waals surface area contributed by atoms with Crippen LogP contribution < -0.4 is 4.90 Å². The molecule has 1 aliphatic heterocycles. The number of aliphatic hydroxyl groups excluding tert-OH is 1. The normalized spacial score (nSPS) is 23.9. The van der Waals surface area contributed by atoms with E-state index in [0.717, 1.165) is 0 Å². The van der Waals surface area contributed by atoms with Crippen molar-refractivity contribution in [2.24, 2.45) is 11.8 Å². The van der Waals surface area contributed by atoms with E-state index >= 15 is 0 Å². The average molecular weight is 255 g/mol. The third-order valence-corrected chi connectivity index (χ3v) is 3.47. The number of para-hydroxylation sites is 1. The number of hydrogen-bond acceptors (Lipinski definition) is 3. The van der Waals surface area contributed by atoms with Crippen molar-refractivity contribution >= 4 is 17.5 Å². The molecule has 1 aliphatic carbocycles. The van der Waals surface area contributed by atoms with Crippen molar-refractivity contribution in [1.82, 2.24) is 0 Å². The standard InChI is InChI=1S/C15H13NO3/c17-8-4-3-6-10-5-1-2-7-13(10)16-14(18)11-9-12(11)15(16)19/h1-2,5,7,11-12,17H,4,8-9H2. The predicted octanol–water partition coefficient (Wildman–Crippen LogP) is 0.930. The quantitative estimate of drug-likeness (QED) is 0.632. The Hall–Kier alpha value is -2.12. The Morgan fingerprint density at radius 3 is 2.58 bits per heavy atom. The molecule has 4 nitrogen and oxygen atoms in total. The molecule has 2 amide bonds. The Labute approximate surface area is 111 Å². The van der Waals surface area contributed by atoms with E-state index in [1.54, 1.807) is 18.2 Å². The van der Waals surface area contributed by atoms with Crippen LogP contribution in [0.15, 0.2) is 24.3 Å². The molecule has 96 valence electrons. The van der Waals surface area contributed by atoms with Gasteiger partial charge in [-0.2, -0.15) is 0 Å². The van der Waals surface area contributed by atoms with Gasteiger partial charge in [0.2, 0.25) is 11.8 Å². The topological polar surface area (TPSA) is 57.6 Å². The van der Waals surface area contributed by atoms with Crippen molar-refractivity contribution in [2.45, 2.75) is 12.8 Å². The summed E-state index contributed by atoms with van der Waals surface area (Å²) in [5.41, 5.74) is 1.22.